The highest BCUT2D eigenvalue weighted by Gasteiger charge is 2.30. The SMILES string of the molecule is COc1cccc(C(=O)N(N)CC(=O)NCc2ccc(OC(F)(F)F)cc2)c1N. The number of nitrogens with two attached hydrogens (primary N) is 2. The van der Waals surface area contributed by atoms with Crippen LogP contribution in [0.4, 0.5) is 18.9 Å². The number of carbonyl (C=O) groups excluding carboxylic acids is 2. The van der Waals surface area contributed by atoms with E-state index in [0.29, 0.717) is 16.3 Å². The van der Waals surface area contributed by atoms with E-state index in [1.165, 1.54) is 25.3 Å². The first kappa shape index (κ1) is 21.8. The fourth-order valence-electron chi connectivity index (χ4n) is 2.36. The van der Waals surface area contributed by atoms with Crippen molar-refractivity contribution in [2.24, 2.45) is 5.84 Å². The lowest BCUT2D eigenvalue weighted by Gasteiger charge is -2.18. The average Bonchev–Trinajstić information content (AvgIpc) is 2.66. The number of hydrogen-bond acceptors (Lipinski definition) is 6. The molecule has 0 aliphatic heterocycles. The van der Waals surface area contributed by atoms with Crippen molar-refractivity contribution in [2.45, 2.75) is 12.9 Å². The fourth-order valence-corrected chi connectivity index (χ4v) is 2.36. The number of rotatable bonds is 7. The maximum Gasteiger partial charge on any atom is 0.573 e. The van der Waals surface area contributed by atoms with E-state index >= 15 is 0 Å². The Bertz CT molecular complexity index is 872. The quantitative estimate of drug-likeness (QED) is 0.276. The first-order valence-corrected chi connectivity index (χ1v) is 8.21. The van der Waals surface area contributed by atoms with Crippen LogP contribution in [0.25, 0.3) is 0 Å². The van der Waals surface area contributed by atoms with E-state index in [1.54, 1.807) is 12.1 Å². The van der Waals surface area contributed by atoms with Crippen LogP contribution in [0.2, 0.25) is 0 Å². The Kier molecular flexibility index (Phi) is 6.89. The molecule has 0 radical (unpaired) electrons. The number of alkyl halides is 3. The number of amides is 2. The summed E-state index contributed by atoms with van der Waals surface area (Å²) in [7, 11) is 1.40. The third-order valence-electron chi connectivity index (χ3n) is 3.74. The van der Waals surface area contributed by atoms with Crippen LogP contribution in [0.15, 0.2) is 42.5 Å². The number of nitrogens with one attached hydrogen (secondary N) is 1. The molecule has 2 amide bonds. The van der Waals surface area contributed by atoms with Crippen LogP contribution in [0.5, 0.6) is 11.5 Å². The summed E-state index contributed by atoms with van der Waals surface area (Å²) < 4.78 is 45.2. The van der Waals surface area contributed by atoms with Crippen molar-refractivity contribution in [3.05, 3.63) is 53.6 Å². The Labute approximate surface area is 164 Å². The summed E-state index contributed by atoms with van der Waals surface area (Å²) in [6, 6.07) is 9.56. The van der Waals surface area contributed by atoms with E-state index in [-0.39, 0.29) is 23.5 Å². The number of ether oxygens (including phenoxy) is 2. The minimum Gasteiger partial charge on any atom is -0.495 e. The molecule has 0 aromatic heterocycles. The van der Waals surface area contributed by atoms with Gasteiger partial charge in [0.05, 0.1) is 18.4 Å². The largest absolute Gasteiger partial charge is 0.573 e. The second-order valence-corrected chi connectivity index (χ2v) is 5.82. The number of methoxy groups -OCH3 is 1. The van der Waals surface area contributed by atoms with Crippen LogP contribution in [0.3, 0.4) is 0 Å². The molecule has 0 aliphatic carbocycles. The monoisotopic (exact) mass is 412 g/mol. The van der Waals surface area contributed by atoms with Gasteiger partial charge in [-0.05, 0) is 29.8 Å². The molecule has 11 heteroatoms. The maximum atomic E-state index is 12.4. The van der Waals surface area contributed by atoms with E-state index in [2.05, 4.69) is 10.1 Å². The van der Waals surface area contributed by atoms with E-state index in [4.69, 9.17) is 16.3 Å². The first-order valence-electron chi connectivity index (χ1n) is 8.21. The third-order valence-corrected chi connectivity index (χ3v) is 3.74. The van der Waals surface area contributed by atoms with Crippen LogP contribution in [0, 0.1) is 0 Å². The minimum atomic E-state index is -4.78. The highest BCUT2D eigenvalue weighted by molar-refractivity contribution is 6.01. The van der Waals surface area contributed by atoms with E-state index < -0.39 is 24.7 Å². The standard InChI is InChI=1S/C18H19F3N4O4/c1-28-14-4-2-3-13(16(14)22)17(27)25(23)10-15(26)24-9-11-5-7-12(8-6-11)29-18(19,20)21/h2-8H,9-10,22-23H2,1H3,(H,24,26). The maximum absolute atomic E-state index is 12.4. The molecule has 2 aromatic carbocycles. The van der Waals surface area contributed by atoms with Crippen molar-refractivity contribution >= 4 is 17.5 Å². The molecule has 2 rings (SSSR count). The third kappa shape index (κ3) is 6.28. The predicted molar refractivity (Wildman–Crippen MR) is 97.6 cm³/mol. The average molecular weight is 412 g/mol. The van der Waals surface area contributed by atoms with Gasteiger partial charge in [-0.25, -0.2) is 5.84 Å². The zero-order valence-corrected chi connectivity index (χ0v) is 15.3. The molecular formula is C18H19F3N4O4. The summed E-state index contributed by atoms with van der Waals surface area (Å²) in [5, 5.41) is 3.20. The van der Waals surface area contributed by atoms with Crippen LogP contribution in [0.1, 0.15) is 15.9 Å². The Hall–Kier alpha value is -3.47. The number of hydrogen-bond donors (Lipinski definition) is 3. The lowest BCUT2D eigenvalue weighted by molar-refractivity contribution is -0.274. The van der Waals surface area contributed by atoms with Gasteiger partial charge in [-0.1, -0.05) is 18.2 Å². The molecule has 8 nitrogen and oxygen atoms in total. The van der Waals surface area contributed by atoms with Gasteiger partial charge in [-0.15, -0.1) is 13.2 Å². The number of nitrogen functional groups attached to an aromatic ring is 1. The van der Waals surface area contributed by atoms with Crippen molar-refractivity contribution in [1.82, 2.24) is 10.3 Å². The van der Waals surface area contributed by atoms with Crippen molar-refractivity contribution < 1.29 is 32.2 Å². The summed E-state index contributed by atoms with van der Waals surface area (Å²) in [4.78, 5) is 24.4. The number of carbonyl (C=O) groups is 2. The summed E-state index contributed by atoms with van der Waals surface area (Å²) >= 11 is 0. The number of benzene rings is 2. The highest BCUT2D eigenvalue weighted by atomic mass is 19.4. The lowest BCUT2D eigenvalue weighted by Crippen LogP contribution is -2.45. The highest BCUT2D eigenvalue weighted by Crippen LogP contribution is 2.25. The minimum absolute atomic E-state index is 0.0223. The van der Waals surface area contributed by atoms with Gasteiger partial charge < -0.3 is 20.5 Å². The molecule has 0 heterocycles. The topological polar surface area (TPSA) is 120 Å². The molecule has 29 heavy (non-hydrogen) atoms. The number of halogens is 3. The molecule has 2 aromatic rings. The molecule has 5 N–H and O–H groups in total. The van der Waals surface area contributed by atoms with E-state index in [1.807, 2.05) is 0 Å². The van der Waals surface area contributed by atoms with Crippen LogP contribution >= 0.6 is 0 Å². The van der Waals surface area contributed by atoms with Crippen molar-refractivity contribution in [3.63, 3.8) is 0 Å². The summed E-state index contributed by atoms with van der Waals surface area (Å²) in [6.07, 6.45) is -4.78. The van der Waals surface area contributed by atoms with Gasteiger partial charge in [0.1, 0.15) is 18.0 Å². The lowest BCUT2D eigenvalue weighted by atomic mass is 10.1. The molecule has 156 valence electrons. The van der Waals surface area contributed by atoms with Crippen molar-refractivity contribution in [2.75, 3.05) is 19.4 Å². The molecule has 0 saturated carbocycles. The Morgan fingerprint density at radius 1 is 1.14 bits per heavy atom. The van der Waals surface area contributed by atoms with E-state index in [0.717, 1.165) is 12.1 Å². The zero-order chi connectivity index (χ0) is 21.6. The molecule has 0 fully saturated rings. The second-order valence-electron chi connectivity index (χ2n) is 5.82. The number of hydrazine groups is 1. The summed E-state index contributed by atoms with van der Waals surface area (Å²) in [5.41, 5.74) is 6.54. The van der Waals surface area contributed by atoms with Gasteiger partial charge in [0.2, 0.25) is 5.91 Å². The van der Waals surface area contributed by atoms with Crippen LogP contribution in [-0.4, -0.2) is 36.8 Å². The fraction of sp³-hybridized carbons (Fsp3) is 0.222. The molecule has 0 atom stereocenters. The first-order chi connectivity index (χ1) is 13.6. The molecule has 0 aliphatic rings. The number of anilines is 1. The van der Waals surface area contributed by atoms with Gasteiger partial charge in [-0.2, -0.15) is 0 Å². The molecule has 0 spiro atoms. The number of para-hydroxylation sites is 1. The van der Waals surface area contributed by atoms with Gasteiger partial charge in [0.15, 0.2) is 0 Å². The Balaban J connectivity index is 1.89. The van der Waals surface area contributed by atoms with Crippen molar-refractivity contribution in [1.29, 1.82) is 0 Å². The van der Waals surface area contributed by atoms with Crippen LogP contribution in [-0.2, 0) is 11.3 Å². The molecule has 0 saturated heterocycles. The van der Waals surface area contributed by atoms with Gasteiger partial charge in [0, 0.05) is 6.54 Å². The Morgan fingerprint density at radius 2 is 1.79 bits per heavy atom. The zero-order valence-electron chi connectivity index (χ0n) is 15.3. The van der Waals surface area contributed by atoms with Gasteiger partial charge in [0.25, 0.3) is 5.91 Å². The predicted octanol–water partition coefficient (Wildman–Crippen LogP) is 1.81. The molecular weight excluding hydrogens is 393 g/mol. The normalized spacial score (nSPS) is 10.9. The molecule has 0 unspecified atom stereocenters. The van der Waals surface area contributed by atoms with Gasteiger partial charge >= 0.3 is 6.36 Å². The molecule has 0 bridgehead atoms. The summed E-state index contributed by atoms with van der Waals surface area (Å²) in [5.74, 6) is 4.34. The van der Waals surface area contributed by atoms with Crippen LogP contribution < -0.4 is 26.4 Å². The summed E-state index contributed by atoms with van der Waals surface area (Å²) in [6.45, 7) is -0.431. The van der Waals surface area contributed by atoms with E-state index in [9.17, 15) is 22.8 Å². The Morgan fingerprint density at radius 3 is 2.38 bits per heavy atom. The van der Waals surface area contributed by atoms with Crippen molar-refractivity contribution in [3.8, 4) is 11.5 Å². The smallest absolute Gasteiger partial charge is 0.495 e. The van der Waals surface area contributed by atoms with Gasteiger partial charge in [-0.3, -0.25) is 14.6 Å². The number of nitrogens with zero attached hydrogens (tertiary/aromatic N) is 1. The second kappa shape index (κ2) is 9.15.